The van der Waals surface area contributed by atoms with Gasteiger partial charge in [0.15, 0.2) is 0 Å². The second-order valence-electron chi connectivity index (χ2n) is 16.3. The van der Waals surface area contributed by atoms with Gasteiger partial charge in [-0.2, -0.15) is 0 Å². The van der Waals surface area contributed by atoms with Crippen LogP contribution in [0.3, 0.4) is 0 Å². The second-order valence-corrected chi connectivity index (χ2v) is 18.6. The number of hydrogen-bond acceptors (Lipinski definition) is 14. The van der Waals surface area contributed by atoms with E-state index in [1.54, 1.807) is 6.33 Å². The van der Waals surface area contributed by atoms with E-state index < -0.39 is 9.84 Å². The Bertz CT molecular complexity index is 3410. The second kappa shape index (κ2) is 22.2. The predicted octanol–water partition coefficient (Wildman–Crippen LogP) is 11.0. The number of sulfone groups is 1. The van der Waals surface area contributed by atoms with Crippen LogP contribution >= 0.6 is 0 Å². The first-order valence-electron chi connectivity index (χ1n) is 22.6. The molecular weight excluding hydrogens is 901 g/mol. The van der Waals surface area contributed by atoms with Crippen LogP contribution in [-0.2, 0) is 36.1 Å². The quantitative estimate of drug-likeness (QED) is 0.0594. The average molecular weight is 951 g/mol. The number of nitrogens with zero attached hydrogens (tertiary/aromatic N) is 4. The Labute approximate surface area is 405 Å². The topological polar surface area (TPSA) is 193 Å². The lowest BCUT2D eigenvalue weighted by atomic mass is 10.1. The zero-order chi connectivity index (χ0) is 48.1. The fourth-order valence-electron chi connectivity index (χ4n) is 7.38. The molecule has 0 fully saturated rings. The highest BCUT2D eigenvalue weighted by Gasteiger charge is 2.12. The van der Waals surface area contributed by atoms with Gasteiger partial charge in [-0.25, -0.2) is 28.4 Å². The maximum Gasteiger partial charge on any atom is 0.148 e. The predicted molar refractivity (Wildman–Crippen MR) is 275 cm³/mol. The Balaban J connectivity index is 0.000000176. The Morgan fingerprint density at radius 1 is 0.543 bits per heavy atom. The molecule has 0 bridgehead atoms. The van der Waals surface area contributed by atoms with Gasteiger partial charge in [-0.3, -0.25) is 0 Å². The maximum atomic E-state index is 11.3. The molecule has 0 amide bonds. The molecule has 0 aliphatic rings. The van der Waals surface area contributed by atoms with Crippen LogP contribution in [0.1, 0.15) is 22.6 Å². The zero-order valence-corrected chi connectivity index (χ0v) is 39.1. The Morgan fingerprint density at radius 3 is 1.47 bits per heavy atom. The minimum atomic E-state index is -3.00. The molecule has 0 atom stereocenters. The van der Waals surface area contributed by atoms with Gasteiger partial charge in [-0.05, 0) is 120 Å². The van der Waals surface area contributed by atoms with Crippen molar-refractivity contribution in [2.24, 2.45) is 5.73 Å². The molecule has 10 aromatic rings. The van der Waals surface area contributed by atoms with E-state index in [4.69, 9.17) is 24.0 Å². The molecule has 0 spiro atoms. The number of anilines is 4. The van der Waals surface area contributed by atoms with Crippen molar-refractivity contribution >= 4 is 54.7 Å². The van der Waals surface area contributed by atoms with E-state index in [1.165, 1.54) is 12.6 Å². The largest absolute Gasteiger partial charge is 0.489 e. The van der Waals surface area contributed by atoms with Crippen molar-refractivity contribution in [2.45, 2.75) is 26.3 Å². The Kier molecular flexibility index (Phi) is 14.8. The minimum Gasteiger partial charge on any atom is -0.489 e. The zero-order valence-electron chi connectivity index (χ0n) is 38.3. The maximum absolute atomic E-state index is 11.3. The summed E-state index contributed by atoms with van der Waals surface area (Å²) in [5, 5.41) is 11.6. The summed E-state index contributed by atoms with van der Waals surface area (Å²) in [6, 6.07) is 55.2. The summed E-state index contributed by atoms with van der Waals surface area (Å²) in [7, 11) is -3.00. The van der Waals surface area contributed by atoms with Gasteiger partial charge in [-0.15, -0.1) is 0 Å². The molecule has 0 aliphatic heterocycles. The summed E-state index contributed by atoms with van der Waals surface area (Å²) in [5.74, 6) is 6.04. The van der Waals surface area contributed by atoms with Gasteiger partial charge in [0.1, 0.15) is 81.9 Å². The molecule has 0 unspecified atom stereocenters. The van der Waals surface area contributed by atoms with Crippen LogP contribution in [0.5, 0.6) is 11.5 Å². The monoisotopic (exact) mass is 950 g/mol. The van der Waals surface area contributed by atoms with Gasteiger partial charge in [0.05, 0.1) is 29.9 Å². The lowest BCUT2D eigenvalue weighted by Crippen LogP contribution is -2.21. The normalized spacial score (nSPS) is 11.2. The number of furan rings is 2. The highest BCUT2D eigenvalue weighted by Crippen LogP contribution is 2.32. The summed E-state index contributed by atoms with van der Waals surface area (Å²) in [5.41, 5.74) is 13.2. The minimum absolute atomic E-state index is 0.0878. The van der Waals surface area contributed by atoms with Crippen molar-refractivity contribution in [3.05, 3.63) is 205 Å². The third-order valence-electron chi connectivity index (χ3n) is 11.0. The van der Waals surface area contributed by atoms with Crippen molar-refractivity contribution in [3.63, 3.8) is 0 Å². The molecule has 352 valence electrons. The van der Waals surface area contributed by atoms with Crippen LogP contribution in [0.25, 0.3) is 44.5 Å². The van der Waals surface area contributed by atoms with Crippen LogP contribution < -0.4 is 31.2 Å². The van der Waals surface area contributed by atoms with Crippen LogP contribution in [0.15, 0.2) is 191 Å². The standard InChI is InChI=1S/C29H28N4O4S.C26H22N4O2/c1-38(34,35)16-15-30-18-25-12-14-28(37-25)22-7-13-27-26(17-22)29(32-20-31-27)33-23-8-10-24(11-9-23)36-19-21-5-3-2-4-6-21;27-15-22-11-13-25(32-22)19-6-12-24-23(14-19)26(29-17-28-24)30-20-7-9-21(10-8-20)31-16-18-4-2-1-3-5-18/h2-14,17,20,30H,15-16,18-19H2,1H3,(H,31,32,33);1-14,17H,15-16,27H2,(H,28,29,30). The van der Waals surface area contributed by atoms with E-state index >= 15 is 0 Å². The van der Waals surface area contributed by atoms with E-state index in [1.807, 2.05) is 170 Å². The molecule has 5 N–H and O–H groups in total. The van der Waals surface area contributed by atoms with Gasteiger partial charge in [0, 0.05) is 46.1 Å². The highest BCUT2D eigenvalue weighted by atomic mass is 32.2. The summed E-state index contributed by atoms with van der Waals surface area (Å²) in [6.07, 6.45) is 4.32. The summed E-state index contributed by atoms with van der Waals surface area (Å²) < 4.78 is 46.1. The summed E-state index contributed by atoms with van der Waals surface area (Å²) in [6.45, 7) is 2.24. The first-order valence-corrected chi connectivity index (χ1v) is 24.6. The summed E-state index contributed by atoms with van der Waals surface area (Å²) in [4.78, 5) is 17.7. The van der Waals surface area contributed by atoms with Crippen LogP contribution in [-0.4, -0.2) is 46.9 Å². The molecule has 14 nitrogen and oxygen atoms in total. The van der Waals surface area contributed by atoms with Crippen molar-refractivity contribution in [1.82, 2.24) is 25.3 Å². The molecule has 4 aromatic heterocycles. The molecule has 0 saturated heterocycles. The van der Waals surface area contributed by atoms with Crippen molar-refractivity contribution in [2.75, 3.05) is 29.2 Å². The van der Waals surface area contributed by atoms with E-state index in [0.717, 1.165) is 90.0 Å². The van der Waals surface area contributed by atoms with Crippen LogP contribution in [0.4, 0.5) is 23.0 Å². The number of hydrogen-bond donors (Lipinski definition) is 4. The number of rotatable bonds is 18. The molecule has 0 radical (unpaired) electrons. The van der Waals surface area contributed by atoms with Gasteiger partial charge >= 0.3 is 0 Å². The number of ether oxygens (including phenoxy) is 2. The molecule has 70 heavy (non-hydrogen) atoms. The van der Waals surface area contributed by atoms with E-state index in [-0.39, 0.29) is 5.75 Å². The first kappa shape index (κ1) is 46.7. The highest BCUT2D eigenvalue weighted by molar-refractivity contribution is 7.90. The molecule has 4 heterocycles. The first-order chi connectivity index (χ1) is 34.2. The molecule has 0 saturated carbocycles. The molecule has 0 aliphatic carbocycles. The van der Waals surface area contributed by atoms with Crippen LogP contribution in [0.2, 0.25) is 0 Å². The number of aromatic nitrogens is 4. The summed E-state index contributed by atoms with van der Waals surface area (Å²) >= 11 is 0. The third kappa shape index (κ3) is 12.6. The van der Waals surface area contributed by atoms with E-state index in [2.05, 4.69) is 35.9 Å². The number of fused-ring (bicyclic) bond motifs is 2. The Morgan fingerprint density at radius 2 is 1.01 bits per heavy atom. The van der Waals surface area contributed by atoms with E-state index in [0.29, 0.717) is 44.4 Å². The third-order valence-corrected chi connectivity index (χ3v) is 12.0. The average Bonchev–Trinajstić information content (AvgIpc) is 4.09. The van der Waals surface area contributed by atoms with Crippen molar-refractivity contribution in [3.8, 4) is 34.1 Å². The van der Waals surface area contributed by atoms with Crippen molar-refractivity contribution < 1.29 is 26.7 Å². The number of benzene rings is 6. The number of nitrogens with two attached hydrogens (primary N) is 1. The van der Waals surface area contributed by atoms with Gasteiger partial charge in [0.25, 0.3) is 0 Å². The lowest BCUT2D eigenvalue weighted by molar-refractivity contribution is 0.306. The smallest absolute Gasteiger partial charge is 0.148 e. The molecule has 10 rings (SSSR count). The lowest BCUT2D eigenvalue weighted by Gasteiger charge is -2.11. The van der Waals surface area contributed by atoms with Gasteiger partial charge in [-0.1, -0.05) is 60.7 Å². The number of nitrogens with one attached hydrogen (secondary N) is 3. The fraction of sp³-hybridized carbons (Fsp3) is 0.127. The van der Waals surface area contributed by atoms with E-state index in [9.17, 15) is 8.42 Å². The van der Waals surface area contributed by atoms with Gasteiger partial charge in [0.2, 0.25) is 0 Å². The molecule has 15 heteroatoms. The fourth-order valence-corrected chi connectivity index (χ4v) is 7.90. The molecule has 6 aromatic carbocycles. The Hall–Kier alpha value is -8.37. The SMILES string of the molecule is CS(=O)(=O)CCNCc1ccc(-c2ccc3ncnc(Nc4ccc(OCc5ccccc5)cc4)c3c2)o1.NCc1ccc(-c2ccc3ncnc(Nc4ccc(OCc5ccccc5)cc4)c3c2)o1. The van der Waals surface area contributed by atoms with Crippen molar-refractivity contribution in [1.29, 1.82) is 0 Å². The van der Waals surface area contributed by atoms with Crippen LogP contribution in [0, 0.1) is 0 Å². The molecular formula is C55H50N8O6S. The van der Waals surface area contributed by atoms with Gasteiger partial charge < -0.3 is 40.0 Å².